The van der Waals surface area contributed by atoms with Crippen molar-refractivity contribution in [3.63, 3.8) is 0 Å². The third-order valence-electron chi connectivity index (χ3n) is 6.97. The van der Waals surface area contributed by atoms with Crippen LogP contribution in [0.5, 0.6) is 5.75 Å². The van der Waals surface area contributed by atoms with Crippen LogP contribution >= 0.6 is 23.1 Å². The second kappa shape index (κ2) is 13.1. The maximum absolute atomic E-state index is 13.4. The van der Waals surface area contributed by atoms with Crippen molar-refractivity contribution in [1.82, 2.24) is 20.3 Å². The first-order valence-corrected chi connectivity index (χ1v) is 17.1. The molecule has 43 heavy (non-hydrogen) atoms. The lowest BCUT2D eigenvalue weighted by Gasteiger charge is -2.31. The summed E-state index contributed by atoms with van der Waals surface area (Å²) in [6, 6.07) is 11.4. The highest BCUT2D eigenvalue weighted by molar-refractivity contribution is 9.10. The fraction of sp³-hybridized carbons (Fsp3) is 0.267. The van der Waals surface area contributed by atoms with E-state index in [1.807, 2.05) is 36.4 Å². The van der Waals surface area contributed by atoms with Crippen LogP contribution in [-0.2, 0) is 9.30 Å². The lowest BCUT2D eigenvalue weighted by atomic mass is 10.0. The van der Waals surface area contributed by atoms with Gasteiger partial charge in [0.2, 0.25) is 5.95 Å². The van der Waals surface area contributed by atoms with Crippen LogP contribution in [-0.4, -0.2) is 75.0 Å². The Labute approximate surface area is 259 Å². The first-order chi connectivity index (χ1) is 20.7. The topological polar surface area (TPSA) is 137 Å². The van der Waals surface area contributed by atoms with Gasteiger partial charge in [0.1, 0.15) is 18.7 Å². The Kier molecular flexibility index (Phi) is 9.29. The molecule has 1 aliphatic rings. The number of nitrogens with zero attached hydrogens (tertiary/aromatic N) is 4. The van der Waals surface area contributed by atoms with E-state index in [2.05, 4.69) is 46.7 Å². The van der Waals surface area contributed by atoms with Crippen LogP contribution in [0.4, 0.5) is 28.8 Å². The molecule has 1 saturated heterocycles. The molecule has 4 N–H and O–H groups in total. The van der Waals surface area contributed by atoms with Crippen molar-refractivity contribution < 1.29 is 14.0 Å². The summed E-state index contributed by atoms with van der Waals surface area (Å²) in [6.07, 6.45) is 6.48. The van der Waals surface area contributed by atoms with Gasteiger partial charge in [0, 0.05) is 78.5 Å². The number of ether oxygens (including phenoxy) is 2. The van der Waals surface area contributed by atoms with E-state index >= 15 is 0 Å². The minimum Gasteiger partial charge on any atom is -0.494 e. The minimum absolute atomic E-state index is 0.322. The van der Waals surface area contributed by atoms with Gasteiger partial charge in [-0.1, -0.05) is 6.07 Å². The molecule has 13 heteroatoms. The summed E-state index contributed by atoms with van der Waals surface area (Å²) >= 11 is 3.56. The number of rotatable bonds is 10. The number of aromatic nitrogens is 3. The van der Waals surface area contributed by atoms with Gasteiger partial charge in [-0.15, -0.1) is 0 Å². The molecule has 4 aromatic rings. The molecule has 1 aliphatic heterocycles. The van der Waals surface area contributed by atoms with Crippen molar-refractivity contribution in [2.24, 2.45) is 0 Å². The summed E-state index contributed by atoms with van der Waals surface area (Å²) in [5.74, 6) is 1.42. The molecule has 0 atom stereocenters. The summed E-state index contributed by atoms with van der Waals surface area (Å²) in [7, 11) is 0.713. The smallest absolute Gasteiger partial charge is 0.229 e. The first-order valence-electron chi connectivity index (χ1n) is 13.7. The molecule has 11 nitrogen and oxygen atoms in total. The molecule has 2 aromatic carbocycles. The zero-order valence-electron chi connectivity index (χ0n) is 24.4. The standard InChI is InChI=1S/C30H34BrN8O3P/c1-33-17-19(16-32)21-14-25(27(41-2)15-26(21)39-10-12-42-13-11-39)37-30-35-18-22(31)29(38-30)36-24-8-7-23-20(6-5-9-34-23)28(24)43(3,4)40/h5-9,14-18,32-33H,10-13H2,1-4H3,(H2,35,36,37,38)/b19-17+,32-16?. The summed E-state index contributed by atoms with van der Waals surface area (Å²) in [5.41, 5.74) is 4.59. The second-order valence-corrected chi connectivity index (χ2v) is 14.2. The highest BCUT2D eigenvalue weighted by Gasteiger charge is 2.23. The Morgan fingerprint density at radius 2 is 1.93 bits per heavy atom. The monoisotopic (exact) mass is 664 g/mol. The maximum atomic E-state index is 13.4. The number of methoxy groups -OCH3 is 1. The number of pyridine rings is 1. The molecule has 0 unspecified atom stereocenters. The van der Waals surface area contributed by atoms with E-state index in [-0.39, 0.29) is 0 Å². The molecular weight excluding hydrogens is 631 g/mol. The van der Waals surface area contributed by atoms with Gasteiger partial charge in [0.15, 0.2) is 0 Å². The molecule has 2 aromatic heterocycles. The summed E-state index contributed by atoms with van der Waals surface area (Å²) < 4.78 is 25.4. The Balaban J connectivity index is 1.54. The molecular formula is C30H34BrN8O3P. The van der Waals surface area contributed by atoms with E-state index in [1.165, 1.54) is 6.21 Å². The van der Waals surface area contributed by atoms with Gasteiger partial charge in [-0.05, 0) is 53.5 Å². The van der Waals surface area contributed by atoms with Crippen molar-refractivity contribution >= 4 is 79.9 Å². The zero-order valence-corrected chi connectivity index (χ0v) is 26.9. The predicted molar refractivity (Wildman–Crippen MR) is 179 cm³/mol. The predicted octanol–water partition coefficient (Wildman–Crippen LogP) is 5.58. The van der Waals surface area contributed by atoms with Gasteiger partial charge in [-0.2, -0.15) is 4.98 Å². The van der Waals surface area contributed by atoms with Crippen molar-refractivity contribution in [3.8, 4) is 5.75 Å². The Morgan fingerprint density at radius 1 is 1.14 bits per heavy atom. The molecule has 0 bridgehead atoms. The average Bonchev–Trinajstić information content (AvgIpc) is 3.01. The van der Waals surface area contributed by atoms with Crippen LogP contribution in [0, 0.1) is 5.41 Å². The Hall–Kier alpha value is -3.99. The Morgan fingerprint density at radius 3 is 2.63 bits per heavy atom. The molecule has 224 valence electrons. The number of anilines is 5. The number of nitrogens with one attached hydrogen (secondary N) is 4. The molecule has 0 radical (unpaired) electrons. The lowest BCUT2D eigenvalue weighted by Crippen LogP contribution is -2.36. The fourth-order valence-corrected chi connectivity index (χ4v) is 6.84. The number of hydrogen-bond donors (Lipinski definition) is 4. The van der Waals surface area contributed by atoms with E-state index in [4.69, 9.17) is 19.9 Å². The van der Waals surface area contributed by atoms with Crippen LogP contribution in [0.1, 0.15) is 5.56 Å². The van der Waals surface area contributed by atoms with Crippen LogP contribution in [0.2, 0.25) is 0 Å². The number of morpholine rings is 1. The molecule has 0 saturated carbocycles. The van der Waals surface area contributed by atoms with Crippen LogP contribution in [0.3, 0.4) is 0 Å². The second-order valence-electron chi connectivity index (χ2n) is 10.2. The van der Waals surface area contributed by atoms with Gasteiger partial charge in [-0.3, -0.25) is 4.98 Å². The van der Waals surface area contributed by atoms with E-state index < -0.39 is 7.14 Å². The highest BCUT2D eigenvalue weighted by atomic mass is 79.9. The number of halogens is 1. The third kappa shape index (κ3) is 6.66. The minimum atomic E-state index is -2.71. The summed E-state index contributed by atoms with van der Waals surface area (Å²) in [4.78, 5) is 15.9. The van der Waals surface area contributed by atoms with Gasteiger partial charge in [0.05, 0.1) is 41.7 Å². The van der Waals surface area contributed by atoms with Crippen LogP contribution in [0.25, 0.3) is 16.5 Å². The summed E-state index contributed by atoms with van der Waals surface area (Å²) in [5, 5.41) is 19.3. The molecule has 0 spiro atoms. The molecule has 3 heterocycles. The number of fused-ring (bicyclic) bond motifs is 1. The average molecular weight is 666 g/mol. The molecule has 0 aliphatic carbocycles. The van der Waals surface area contributed by atoms with Crippen molar-refractivity contribution in [3.05, 3.63) is 65.0 Å². The number of allylic oxidation sites excluding steroid dienone is 1. The third-order valence-corrected chi connectivity index (χ3v) is 9.11. The van der Waals surface area contributed by atoms with Crippen molar-refractivity contribution in [1.29, 1.82) is 5.41 Å². The van der Waals surface area contributed by atoms with Gasteiger partial charge < -0.3 is 40.3 Å². The maximum Gasteiger partial charge on any atom is 0.229 e. The fourth-order valence-electron chi connectivity index (χ4n) is 5.07. The van der Waals surface area contributed by atoms with Gasteiger partial charge in [-0.25, -0.2) is 4.98 Å². The SMILES string of the molecule is CN/C=C(\C=N)c1cc(Nc2ncc(Br)c(Nc3ccc4ncccc4c3P(C)(C)=O)n2)c(OC)cc1N1CCOCC1. The molecule has 1 fully saturated rings. The van der Waals surface area contributed by atoms with E-state index in [0.29, 0.717) is 57.5 Å². The first kappa shape index (κ1) is 30.5. The highest BCUT2D eigenvalue weighted by Crippen LogP contribution is 2.42. The quantitative estimate of drug-likeness (QED) is 0.126. The van der Waals surface area contributed by atoms with Crippen molar-refractivity contribution in [2.75, 3.05) is 69.3 Å². The van der Waals surface area contributed by atoms with E-state index in [9.17, 15) is 4.57 Å². The lowest BCUT2D eigenvalue weighted by molar-refractivity contribution is 0.122. The number of benzene rings is 2. The summed E-state index contributed by atoms with van der Waals surface area (Å²) in [6.45, 7) is 6.21. The van der Waals surface area contributed by atoms with E-state index in [1.54, 1.807) is 46.1 Å². The van der Waals surface area contributed by atoms with Gasteiger partial charge in [0.25, 0.3) is 0 Å². The normalized spacial score (nSPS) is 14.0. The van der Waals surface area contributed by atoms with Crippen LogP contribution in [0.15, 0.2) is 59.5 Å². The molecule has 0 amide bonds. The van der Waals surface area contributed by atoms with Crippen LogP contribution < -0.4 is 30.9 Å². The van der Waals surface area contributed by atoms with Crippen molar-refractivity contribution in [2.45, 2.75) is 0 Å². The largest absolute Gasteiger partial charge is 0.494 e. The zero-order chi connectivity index (χ0) is 30.6. The number of hydrogen-bond acceptors (Lipinski definition) is 11. The van der Waals surface area contributed by atoms with E-state index in [0.717, 1.165) is 35.2 Å². The Bertz CT molecular complexity index is 1740. The molecule has 5 rings (SSSR count). The van der Waals surface area contributed by atoms with Gasteiger partial charge >= 0.3 is 0 Å².